The minimum Gasteiger partial charge on any atom is -0.494 e. The molecular weight excluding hydrogens is 480 g/mol. The van der Waals surface area contributed by atoms with Crippen molar-refractivity contribution in [2.75, 3.05) is 18.5 Å². The standard InChI is InChI=1S/C28H27F2N3O4/c1-2-3-12-31-23-11-10-22(29)25(26(23)30)27(36)21-16-33-28-20(21)14-18(15-32-28)17-6-8-19(9-7-17)37-13-4-5-24(34)35/h6-11,14-16,31H,2-5,12-13H2,1H3,(H,32,33)(H,34,35). The van der Waals surface area contributed by atoms with E-state index >= 15 is 4.39 Å². The molecule has 0 radical (unpaired) electrons. The molecule has 4 aromatic rings. The number of pyridine rings is 1. The molecule has 2 heterocycles. The first kappa shape index (κ1) is 25.8. The Morgan fingerprint density at radius 2 is 1.86 bits per heavy atom. The minimum atomic E-state index is -0.930. The van der Waals surface area contributed by atoms with Gasteiger partial charge in [-0.15, -0.1) is 0 Å². The Kier molecular flexibility index (Phi) is 8.12. The zero-order valence-electron chi connectivity index (χ0n) is 20.3. The minimum absolute atomic E-state index is 0.0367. The van der Waals surface area contributed by atoms with E-state index in [4.69, 9.17) is 9.84 Å². The first-order valence-electron chi connectivity index (χ1n) is 12.1. The van der Waals surface area contributed by atoms with Gasteiger partial charge in [-0.2, -0.15) is 0 Å². The largest absolute Gasteiger partial charge is 0.494 e. The lowest BCUT2D eigenvalue weighted by Gasteiger charge is -2.11. The van der Waals surface area contributed by atoms with Crippen molar-refractivity contribution in [2.45, 2.75) is 32.6 Å². The molecule has 0 amide bonds. The number of benzene rings is 2. The number of unbranched alkanes of at least 4 members (excludes halogenated alkanes) is 1. The van der Waals surface area contributed by atoms with Gasteiger partial charge in [-0.1, -0.05) is 25.5 Å². The molecule has 37 heavy (non-hydrogen) atoms. The second kappa shape index (κ2) is 11.6. The first-order chi connectivity index (χ1) is 17.9. The number of H-pyrrole nitrogens is 1. The maximum atomic E-state index is 15.1. The molecule has 7 nitrogen and oxygen atoms in total. The van der Waals surface area contributed by atoms with Gasteiger partial charge in [-0.25, -0.2) is 13.8 Å². The number of hydrogen-bond acceptors (Lipinski definition) is 5. The van der Waals surface area contributed by atoms with Crippen molar-refractivity contribution >= 4 is 28.5 Å². The van der Waals surface area contributed by atoms with Crippen LogP contribution in [0.4, 0.5) is 14.5 Å². The Labute approximate surface area is 212 Å². The Balaban J connectivity index is 1.58. The number of nitrogens with one attached hydrogen (secondary N) is 2. The Hall–Kier alpha value is -4.27. The summed E-state index contributed by atoms with van der Waals surface area (Å²) in [6.45, 7) is 2.81. The zero-order chi connectivity index (χ0) is 26.4. The van der Waals surface area contributed by atoms with E-state index < -0.39 is 29.0 Å². The Bertz CT molecular complexity index is 1420. The molecule has 0 aliphatic rings. The van der Waals surface area contributed by atoms with Gasteiger partial charge in [0, 0.05) is 41.9 Å². The Morgan fingerprint density at radius 3 is 2.59 bits per heavy atom. The number of fused-ring (bicyclic) bond motifs is 1. The highest BCUT2D eigenvalue weighted by atomic mass is 19.1. The summed E-state index contributed by atoms with van der Waals surface area (Å²) in [5, 5.41) is 12.1. The second-order valence-electron chi connectivity index (χ2n) is 8.59. The maximum absolute atomic E-state index is 15.1. The summed E-state index contributed by atoms with van der Waals surface area (Å²) in [6, 6.07) is 11.3. The van der Waals surface area contributed by atoms with Gasteiger partial charge in [0.25, 0.3) is 0 Å². The monoisotopic (exact) mass is 507 g/mol. The molecule has 2 aromatic heterocycles. The molecular formula is C28H27F2N3O4. The van der Waals surface area contributed by atoms with Crippen LogP contribution in [-0.4, -0.2) is 40.0 Å². The van der Waals surface area contributed by atoms with Gasteiger partial charge in [0.1, 0.15) is 17.2 Å². The van der Waals surface area contributed by atoms with Crippen molar-refractivity contribution in [3.8, 4) is 16.9 Å². The quantitative estimate of drug-likeness (QED) is 0.156. The van der Waals surface area contributed by atoms with Crippen LogP contribution in [0.15, 0.2) is 54.9 Å². The van der Waals surface area contributed by atoms with Crippen LogP contribution < -0.4 is 10.1 Å². The fourth-order valence-electron chi connectivity index (χ4n) is 3.94. The number of carboxylic acids is 1. The van der Waals surface area contributed by atoms with Crippen LogP contribution in [0.5, 0.6) is 5.75 Å². The molecule has 192 valence electrons. The van der Waals surface area contributed by atoms with Crippen molar-refractivity contribution in [2.24, 2.45) is 0 Å². The van der Waals surface area contributed by atoms with Crippen LogP contribution in [0.25, 0.3) is 22.2 Å². The van der Waals surface area contributed by atoms with E-state index in [1.165, 1.54) is 12.3 Å². The topological polar surface area (TPSA) is 104 Å². The zero-order valence-corrected chi connectivity index (χ0v) is 20.3. The van der Waals surface area contributed by atoms with E-state index in [1.54, 1.807) is 24.4 Å². The van der Waals surface area contributed by atoms with Crippen LogP contribution in [0.1, 0.15) is 48.5 Å². The molecule has 2 aromatic carbocycles. The highest BCUT2D eigenvalue weighted by Crippen LogP contribution is 2.30. The number of anilines is 1. The van der Waals surface area contributed by atoms with E-state index in [-0.39, 0.29) is 24.3 Å². The smallest absolute Gasteiger partial charge is 0.303 e. The van der Waals surface area contributed by atoms with Crippen molar-refractivity contribution < 1.29 is 28.2 Å². The summed E-state index contributed by atoms with van der Waals surface area (Å²) in [4.78, 5) is 31.2. The van der Waals surface area contributed by atoms with Crippen LogP contribution in [0, 0.1) is 11.6 Å². The van der Waals surface area contributed by atoms with Gasteiger partial charge in [-0.3, -0.25) is 9.59 Å². The van der Waals surface area contributed by atoms with E-state index in [0.29, 0.717) is 35.3 Å². The maximum Gasteiger partial charge on any atom is 0.303 e. The number of ether oxygens (including phenoxy) is 1. The molecule has 4 rings (SSSR count). The van der Waals surface area contributed by atoms with Crippen molar-refractivity contribution in [1.82, 2.24) is 9.97 Å². The predicted molar refractivity (Wildman–Crippen MR) is 137 cm³/mol. The van der Waals surface area contributed by atoms with Gasteiger partial charge in [0.2, 0.25) is 5.78 Å². The number of carbonyl (C=O) groups excluding carboxylic acids is 1. The summed E-state index contributed by atoms with van der Waals surface area (Å²) in [5.74, 6) is -2.89. The van der Waals surface area contributed by atoms with Crippen molar-refractivity contribution in [3.63, 3.8) is 0 Å². The lowest BCUT2D eigenvalue weighted by molar-refractivity contribution is -0.137. The van der Waals surface area contributed by atoms with Crippen LogP contribution in [0.2, 0.25) is 0 Å². The summed E-state index contributed by atoms with van der Waals surface area (Å²) in [6.07, 6.45) is 5.21. The molecule has 0 atom stereocenters. The molecule has 0 bridgehead atoms. The third-order valence-electron chi connectivity index (χ3n) is 5.93. The van der Waals surface area contributed by atoms with Crippen LogP contribution in [0.3, 0.4) is 0 Å². The number of hydrogen-bond donors (Lipinski definition) is 3. The van der Waals surface area contributed by atoms with Gasteiger partial charge in [-0.05, 0) is 48.7 Å². The molecule has 9 heteroatoms. The number of ketones is 1. The average molecular weight is 508 g/mol. The number of nitrogens with zero attached hydrogens (tertiary/aromatic N) is 1. The van der Waals surface area contributed by atoms with Crippen molar-refractivity contribution in [1.29, 1.82) is 0 Å². The molecule has 0 aliphatic heterocycles. The van der Waals surface area contributed by atoms with E-state index in [1.807, 2.05) is 19.1 Å². The highest BCUT2D eigenvalue weighted by molar-refractivity contribution is 6.16. The van der Waals surface area contributed by atoms with E-state index in [2.05, 4.69) is 15.3 Å². The summed E-state index contributed by atoms with van der Waals surface area (Å²) in [7, 11) is 0. The van der Waals surface area contributed by atoms with E-state index in [9.17, 15) is 14.0 Å². The molecule has 0 saturated heterocycles. The predicted octanol–water partition coefficient (Wildman–Crippen LogP) is 6.19. The van der Waals surface area contributed by atoms with Gasteiger partial charge >= 0.3 is 5.97 Å². The number of aliphatic carboxylic acids is 1. The van der Waals surface area contributed by atoms with Gasteiger partial charge in [0.15, 0.2) is 5.82 Å². The summed E-state index contributed by atoms with van der Waals surface area (Å²) < 4.78 is 35.3. The summed E-state index contributed by atoms with van der Waals surface area (Å²) in [5.41, 5.74) is 1.51. The lowest BCUT2D eigenvalue weighted by atomic mass is 9.99. The number of aromatic amines is 1. The normalized spacial score (nSPS) is 11.0. The number of carboxylic acid groups (broad SMARTS) is 1. The number of carbonyl (C=O) groups is 2. The molecule has 3 N–H and O–H groups in total. The van der Waals surface area contributed by atoms with Gasteiger partial charge in [0.05, 0.1) is 17.9 Å². The SMILES string of the molecule is CCCCNc1ccc(F)c(C(=O)c2c[nH]c3ncc(-c4ccc(OCCCC(=O)O)cc4)cc23)c1F. The molecule has 0 fully saturated rings. The first-order valence-corrected chi connectivity index (χ1v) is 12.1. The van der Waals surface area contributed by atoms with Crippen LogP contribution in [-0.2, 0) is 4.79 Å². The molecule has 0 aliphatic carbocycles. The molecule has 0 saturated carbocycles. The fraction of sp³-hybridized carbons (Fsp3) is 0.250. The van der Waals surface area contributed by atoms with E-state index in [0.717, 1.165) is 24.5 Å². The van der Waals surface area contributed by atoms with Crippen LogP contribution >= 0.6 is 0 Å². The summed E-state index contributed by atoms with van der Waals surface area (Å²) >= 11 is 0. The average Bonchev–Trinajstić information content (AvgIpc) is 3.32. The fourth-order valence-corrected chi connectivity index (χ4v) is 3.94. The lowest BCUT2D eigenvalue weighted by Crippen LogP contribution is -2.11. The third-order valence-corrected chi connectivity index (χ3v) is 5.93. The Morgan fingerprint density at radius 1 is 1.08 bits per heavy atom. The molecule has 0 spiro atoms. The second-order valence-corrected chi connectivity index (χ2v) is 8.59. The van der Waals surface area contributed by atoms with Gasteiger partial charge < -0.3 is 20.1 Å². The number of rotatable bonds is 12. The number of halogens is 2. The number of aromatic nitrogens is 2. The van der Waals surface area contributed by atoms with Crippen molar-refractivity contribution in [3.05, 3.63) is 77.6 Å². The third kappa shape index (κ3) is 5.94. The molecule has 0 unspecified atom stereocenters. The highest BCUT2D eigenvalue weighted by Gasteiger charge is 2.24.